The zero-order valence-electron chi connectivity index (χ0n) is 21.4. The molecule has 0 bridgehead atoms. The van der Waals surface area contributed by atoms with E-state index >= 15 is 0 Å². The van der Waals surface area contributed by atoms with Crippen molar-refractivity contribution in [3.05, 3.63) is 11.9 Å². The molecule has 2 amide bonds. The van der Waals surface area contributed by atoms with Gasteiger partial charge in [0.25, 0.3) is 0 Å². The lowest BCUT2D eigenvalue weighted by molar-refractivity contribution is -0.155. The molecule has 1 aliphatic rings. The lowest BCUT2D eigenvalue weighted by Crippen LogP contribution is -2.53. The molecule has 2 atom stereocenters. The average Bonchev–Trinajstić information content (AvgIpc) is 3.20. The van der Waals surface area contributed by atoms with Crippen LogP contribution in [-0.4, -0.2) is 91.9 Å². The van der Waals surface area contributed by atoms with E-state index in [1.54, 1.807) is 36.8 Å². The van der Waals surface area contributed by atoms with Crippen molar-refractivity contribution in [3.63, 3.8) is 0 Å². The Morgan fingerprint density at radius 2 is 1.56 bits per heavy atom. The van der Waals surface area contributed by atoms with E-state index in [0.29, 0.717) is 31.9 Å². The number of piperazine rings is 1. The number of amides is 2. The lowest BCUT2D eigenvalue weighted by Gasteiger charge is -2.37. The van der Waals surface area contributed by atoms with Gasteiger partial charge in [-0.15, -0.1) is 5.10 Å². The first kappa shape index (κ1) is 27.6. The Kier molecular flexibility index (Phi) is 9.04. The Hall–Kier alpha value is -2.69. The summed E-state index contributed by atoms with van der Waals surface area (Å²) in [5.41, 5.74) is -0.647. The van der Waals surface area contributed by atoms with Crippen molar-refractivity contribution >= 4 is 18.0 Å². The van der Waals surface area contributed by atoms with Gasteiger partial charge in [0.1, 0.15) is 17.2 Å². The second kappa shape index (κ2) is 11.2. The van der Waals surface area contributed by atoms with Gasteiger partial charge in [0.15, 0.2) is 0 Å². The summed E-state index contributed by atoms with van der Waals surface area (Å²) in [5, 5.41) is 17.6. The zero-order chi connectivity index (χ0) is 25.7. The summed E-state index contributed by atoms with van der Waals surface area (Å²) >= 11 is 0. The Morgan fingerprint density at radius 1 is 1.00 bits per heavy atom. The van der Waals surface area contributed by atoms with Gasteiger partial charge in [-0.05, 0) is 48.0 Å². The van der Waals surface area contributed by atoms with Gasteiger partial charge in [0.2, 0.25) is 5.91 Å². The molecule has 11 nitrogen and oxygen atoms in total. The number of carbonyl (C=O) groups excluding carboxylic acids is 3. The van der Waals surface area contributed by atoms with Gasteiger partial charge < -0.3 is 24.4 Å². The summed E-state index contributed by atoms with van der Waals surface area (Å²) in [6, 6.07) is -0.757. The second-order valence-electron chi connectivity index (χ2n) is 10.6. The van der Waals surface area contributed by atoms with Crippen LogP contribution >= 0.6 is 0 Å². The summed E-state index contributed by atoms with van der Waals surface area (Å²) < 4.78 is 12.3. The highest BCUT2D eigenvalue weighted by Gasteiger charge is 2.33. The van der Waals surface area contributed by atoms with Crippen LogP contribution in [0.1, 0.15) is 79.0 Å². The Labute approximate surface area is 201 Å². The van der Waals surface area contributed by atoms with Crippen molar-refractivity contribution in [2.45, 2.75) is 84.5 Å². The second-order valence-corrected chi connectivity index (χ2v) is 10.6. The predicted molar refractivity (Wildman–Crippen MR) is 124 cm³/mol. The molecule has 0 unspecified atom stereocenters. The van der Waals surface area contributed by atoms with Crippen molar-refractivity contribution in [2.75, 3.05) is 32.8 Å². The monoisotopic (exact) mass is 481 g/mol. The molecule has 0 aliphatic carbocycles. The smallest absolute Gasteiger partial charge is 0.410 e. The van der Waals surface area contributed by atoms with Crippen LogP contribution in [0, 0.1) is 0 Å². The Morgan fingerprint density at radius 3 is 2.09 bits per heavy atom. The van der Waals surface area contributed by atoms with Crippen molar-refractivity contribution < 1.29 is 29.0 Å². The van der Waals surface area contributed by atoms with Crippen LogP contribution in [0.4, 0.5) is 4.79 Å². The number of aliphatic hydroxyl groups is 1. The molecule has 1 aromatic rings. The molecule has 192 valence electrons. The SMILES string of the molecule is C[C@@H](CO)c1cn([C@@H](CCC(=O)OC(C)(C)C)C(=O)N2CCN(C(=O)OC(C)(C)C)CC2)nn1. The minimum absolute atomic E-state index is 0.0380. The topological polar surface area (TPSA) is 127 Å². The highest BCUT2D eigenvalue weighted by molar-refractivity contribution is 5.81. The maximum absolute atomic E-state index is 13.5. The number of hydrogen-bond acceptors (Lipinski definition) is 8. The molecule has 1 aromatic heterocycles. The third-order valence-corrected chi connectivity index (χ3v) is 5.20. The van der Waals surface area contributed by atoms with E-state index in [9.17, 15) is 19.5 Å². The number of ether oxygens (including phenoxy) is 2. The van der Waals surface area contributed by atoms with E-state index in [0.717, 1.165) is 0 Å². The molecular formula is C23H39N5O6. The quantitative estimate of drug-likeness (QED) is 0.587. The third kappa shape index (κ3) is 8.27. The van der Waals surface area contributed by atoms with Crippen LogP contribution in [0.5, 0.6) is 0 Å². The highest BCUT2D eigenvalue weighted by Crippen LogP contribution is 2.22. The van der Waals surface area contributed by atoms with Crippen LogP contribution < -0.4 is 0 Å². The largest absolute Gasteiger partial charge is 0.460 e. The fourth-order valence-electron chi connectivity index (χ4n) is 3.42. The molecule has 1 N–H and O–H groups in total. The lowest BCUT2D eigenvalue weighted by atomic mass is 10.1. The minimum atomic E-state index is -0.757. The van der Waals surface area contributed by atoms with E-state index in [-0.39, 0.29) is 31.3 Å². The summed E-state index contributed by atoms with van der Waals surface area (Å²) in [6.45, 7) is 13.9. The zero-order valence-corrected chi connectivity index (χ0v) is 21.4. The first-order chi connectivity index (χ1) is 15.7. The number of aliphatic hydroxyl groups excluding tert-OH is 1. The summed E-state index contributed by atoms with van der Waals surface area (Å²) in [6.07, 6.45) is 1.46. The summed E-state index contributed by atoms with van der Waals surface area (Å²) in [5.74, 6) is -0.836. The Balaban J connectivity index is 2.11. The number of hydrogen-bond donors (Lipinski definition) is 1. The number of rotatable bonds is 7. The molecule has 11 heteroatoms. The maximum Gasteiger partial charge on any atom is 0.410 e. The number of aromatic nitrogens is 3. The fourth-order valence-corrected chi connectivity index (χ4v) is 3.42. The van der Waals surface area contributed by atoms with Crippen LogP contribution in [0.25, 0.3) is 0 Å². The number of nitrogens with zero attached hydrogens (tertiary/aromatic N) is 5. The molecule has 1 fully saturated rings. The number of esters is 1. The first-order valence-electron chi connectivity index (χ1n) is 11.7. The maximum atomic E-state index is 13.5. The van der Waals surface area contributed by atoms with Crippen LogP contribution in [0.3, 0.4) is 0 Å². The molecule has 34 heavy (non-hydrogen) atoms. The molecule has 0 radical (unpaired) electrons. The van der Waals surface area contributed by atoms with Gasteiger partial charge in [-0.2, -0.15) is 0 Å². The van der Waals surface area contributed by atoms with Gasteiger partial charge in [-0.1, -0.05) is 12.1 Å². The molecule has 0 spiro atoms. The van der Waals surface area contributed by atoms with Crippen molar-refractivity contribution in [1.29, 1.82) is 0 Å². The number of carbonyl (C=O) groups is 3. The molecule has 0 aromatic carbocycles. The van der Waals surface area contributed by atoms with E-state index in [4.69, 9.17) is 9.47 Å². The molecular weight excluding hydrogens is 442 g/mol. The van der Waals surface area contributed by atoms with E-state index < -0.39 is 29.3 Å². The predicted octanol–water partition coefficient (Wildman–Crippen LogP) is 2.12. The van der Waals surface area contributed by atoms with E-state index in [1.807, 2.05) is 27.7 Å². The molecule has 2 heterocycles. The minimum Gasteiger partial charge on any atom is -0.460 e. The van der Waals surface area contributed by atoms with Crippen LogP contribution in [0.15, 0.2) is 6.20 Å². The van der Waals surface area contributed by atoms with Gasteiger partial charge in [-0.3, -0.25) is 9.59 Å². The molecule has 0 saturated carbocycles. The normalized spacial score (nSPS) is 16.7. The van der Waals surface area contributed by atoms with E-state index in [1.165, 1.54) is 4.68 Å². The first-order valence-corrected chi connectivity index (χ1v) is 11.7. The van der Waals surface area contributed by atoms with Gasteiger partial charge >= 0.3 is 12.1 Å². The summed E-state index contributed by atoms with van der Waals surface area (Å²) in [7, 11) is 0. The average molecular weight is 482 g/mol. The molecule has 2 rings (SSSR count). The van der Waals surface area contributed by atoms with Gasteiger partial charge in [-0.25, -0.2) is 9.48 Å². The standard InChI is InChI=1S/C23H39N5O6/c1-16(15-29)17-14-28(25-24-17)18(8-9-19(30)33-22(2,3)4)20(31)26-10-12-27(13-11-26)21(32)34-23(5,6)7/h14,16,18,29H,8-13,15H2,1-7H3/t16-,18-/m0/s1. The molecule has 1 aliphatic heterocycles. The highest BCUT2D eigenvalue weighted by atomic mass is 16.6. The van der Waals surface area contributed by atoms with Gasteiger partial charge in [0, 0.05) is 44.7 Å². The van der Waals surface area contributed by atoms with Crippen molar-refractivity contribution in [3.8, 4) is 0 Å². The van der Waals surface area contributed by atoms with Crippen LogP contribution in [0.2, 0.25) is 0 Å². The van der Waals surface area contributed by atoms with E-state index in [2.05, 4.69) is 10.3 Å². The van der Waals surface area contributed by atoms with Crippen molar-refractivity contribution in [2.24, 2.45) is 0 Å². The van der Waals surface area contributed by atoms with Crippen LogP contribution in [-0.2, 0) is 19.1 Å². The summed E-state index contributed by atoms with van der Waals surface area (Å²) in [4.78, 5) is 41.3. The van der Waals surface area contributed by atoms with Gasteiger partial charge in [0.05, 0.1) is 12.3 Å². The van der Waals surface area contributed by atoms with Crippen molar-refractivity contribution in [1.82, 2.24) is 24.8 Å². The third-order valence-electron chi connectivity index (χ3n) is 5.20. The Bertz CT molecular complexity index is 849. The fraction of sp³-hybridized carbons (Fsp3) is 0.783. The molecule has 1 saturated heterocycles.